The van der Waals surface area contributed by atoms with Crippen molar-refractivity contribution in [3.8, 4) is 0 Å². The Morgan fingerprint density at radius 2 is 2.27 bits per heavy atom. The topological polar surface area (TPSA) is 95.6 Å². The zero-order chi connectivity index (χ0) is 11.4. The maximum absolute atomic E-state index is 11.4. The van der Waals surface area contributed by atoms with Crippen LogP contribution in [0.4, 0.5) is 0 Å². The lowest BCUT2D eigenvalue weighted by molar-refractivity contribution is -0.124. The smallest absolute Gasteiger partial charge is 0.239 e. The fourth-order valence-corrected chi connectivity index (χ4v) is 1.90. The second kappa shape index (κ2) is 5.44. The highest BCUT2D eigenvalue weighted by molar-refractivity contribution is 5.81. The van der Waals surface area contributed by atoms with Gasteiger partial charge in [-0.1, -0.05) is 6.92 Å². The highest BCUT2D eigenvalue weighted by Crippen LogP contribution is 2.24. The molecule has 5 nitrogen and oxygen atoms in total. The van der Waals surface area contributed by atoms with Crippen LogP contribution in [0.2, 0.25) is 0 Å². The van der Waals surface area contributed by atoms with E-state index in [4.69, 9.17) is 10.8 Å². The van der Waals surface area contributed by atoms with Gasteiger partial charge in [0.15, 0.2) is 0 Å². The number of nitrogens with one attached hydrogen (secondary N) is 1. The zero-order valence-corrected chi connectivity index (χ0v) is 9.02. The van der Waals surface area contributed by atoms with Crippen LogP contribution in [-0.2, 0) is 4.79 Å². The maximum Gasteiger partial charge on any atom is 0.239 e. The number of rotatable bonds is 3. The summed E-state index contributed by atoms with van der Waals surface area (Å²) < 4.78 is 0. The number of nitrogens with two attached hydrogens (primary N) is 1. The van der Waals surface area contributed by atoms with Crippen LogP contribution in [0.5, 0.6) is 0 Å². The van der Waals surface area contributed by atoms with Gasteiger partial charge >= 0.3 is 0 Å². The number of carbonyl (C=O) groups is 1. The van der Waals surface area contributed by atoms with Crippen LogP contribution < -0.4 is 11.1 Å². The number of carbonyl (C=O) groups excluding carboxylic acids is 1. The first-order valence-electron chi connectivity index (χ1n) is 5.39. The predicted molar refractivity (Wildman–Crippen MR) is 56.0 cm³/mol. The molecule has 0 aromatic rings. The van der Waals surface area contributed by atoms with E-state index in [1.165, 1.54) is 0 Å². The summed E-state index contributed by atoms with van der Waals surface area (Å²) in [5, 5.41) is 21.0. The van der Waals surface area contributed by atoms with Crippen molar-refractivity contribution in [3.63, 3.8) is 0 Å². The number of hydrogen-bond donors (Lipinski definition) is 4. The van der Waals surface area contributed by atoms with E-state index in [1.54, 1.807) is 0 Å². The second-order valence-electron chi connectivity index (χ2n) is 4.35. The van der Waals surface area contributed by atoms with E-state index in [0.717, 1.165) is 12.8 Å². The lowest BCUT2D eigenvalue weighted by Crippen LogP contribution is -2.49. The van der Waals surface area contributed by atoms with Gasteiger partial charge in [-0.3, -0.25) is 4.79 Å². The molecule has 1 rings (SSSR count). The van der Waals surface area contributed by atoms with Gasteiger partial charge in [0.2, 0.25) is 5.91 Å². The molecule has 0 radical (unpaired) electrons. The average molecular weight is 216 g/mol. The summed E-state index contributed by atoms with van der Waals surface area (Å²) in [5.41, 5.74) is 5.38. The van der Waals surface area contributed by atoms with Crippen molar-refractivity contribution >= 4 is 5.91 Å². The third kappa shape index (κ3) is 3.44. The monoisotopic (exact) mass is 216 g/mol. The minimum absolute atomic E-state index is 0.0773. The normalized spacial score (nSPS) is 33.5. The molecule has 5 N–H and O–H groups in total. The molecule has 0 heterocycles. The summed E-state index contributed by atoms with van der Waals surface area (Å²) in [6.07, 6.45) is 1.99. The van der Waals surface area contributed by atoms with Crippen molar-refractivity contribution in [2.75, 3.05) is 6.61 Å². The molecular formula is C10H20N2O3. The SMILES string of the molecule is C[C@H]1C[C@H](NC(=O)[C@@H](N)CO)CC[C@@H]1O. The molecule has 0 aromatic heterocycles. The van der Waals surface area contributed by atoms with Crippen molar-refractivity contribution in [1.29, 1.82) is 0 Å². The van der Waals surface area contributed by atoms with Crippen molar-refractivity contribution < 1.29 is 15.0 Å². The van der Waals surface area contributed by atoms with E-state index in [0.29, 0.717) is 6.42 Å². The van der Waals surface area contributed by atoms with Crippen LogP contribution >= 0.6 is 0 Å². The van der Waals surface area contributed by atoms with Crippen molar-refractivity contribution in [2.24, 2.45) is 11.7 Å². The molecular weight excluding hydrogens is 196 g/mol. The standard InChI is InChI=1S/C10H20N2O3/c1-6-4-7(2-3-9(6)14)12-10(15)8(11)5-13/h6-9,13-14H,2-5,11H2,1H3,(H,12,15)/t6-,7+,8-,9-/m0/s1. The first kappa shape index (κ1) is 12.4. The van der Waals surface area contributed by atoms with E-state index in [2.05, 4.69) is 5.32 Å². The fraction of sp³-hybridized carbons (Fsp3) is 0.900. The summed E-state index contributed by atoms with van der Waals surface area (Å²) in [5.74, 6) is -0.111. The molecule has 0 saturated heterocycles. The fourth-order valence-electron chi connectivity index (χ4n) is 1.90. The summed E-state index contributed by atoms with van der Waals surface area (Å²) in [7, 11) is 0. The van der Waals surface area contributed by atoms with Crippen LogP contribution in [0.15, 0.2) is 0 Å². The van der Waals surface area contributed by atoms with Gasteiger partial charge in [0.25, 0.3) is 0 Å². The number of hydrogen-bond acceptors (Lipinski definition) is 4. The van der Waals surface area contributed by atoms with Gasteiger partial charge in [-0.05, 0) is 25.2 Å². The van der Waals surface area contributed by atoms with Gasteiger partial charge in [-0.2, -0.15) is 0 Å². The lowest BCUT2D eigenvalue weighted by Gasteiger charge is -2.32. The molecule has 0 aliphatic heterocycles. The van der Waals surface area contributed by atoms with Crippen LogP contribution in [0.1, 0.15) is 26.2 Å². The third-order valence-corrected chi connectivity index (χ3v) is 3.00. The van der Waals surface area contributed by atoms with E-state index < -0.39 is 6.04 Å². The molecule has 0 bridgehead atoms. The Bertz CT molecular complexity index is 223. The maximum atomic E-state index is 11.4. The quantitative estimate of drug-likeness (QED) is 0.485. The number of aliphatic hydroxyl groups excluding tert-OH is 2. The van der Waals surface area contributed by atoms with E-state index in [-0.39, 0.29) is 30.6 Å². The summed E-state index contributed by atoms with van der Waals surface area (Å²) in [6, 6.07) is -0.763. The Labute approximate surface area is 89.7 Å². The molecule has 15 heavy (non-hydrogen) atoms. The molecule has 1 amide bonds. The summed E-state index contributed by atoms with van der Waals surface area (Å²) in [6.45, 7) is 1.63. The van der Waals surface area contributed by atoms with Crippen LogP contribution in [0.25, 0.3) is 0 Å². The van der Waals surface area contributed by atoms with Crippen LogP contribution in [-0.4, -0.2) is 40.9 Å². The first-order chi connectivity index (χ1) is 7.04. The van der Waals surface area contributed by atoms with Gasteiger partial charge in [0.1, 0.15) is 6.04 Å². The van der Waals surface area contributed by atoms with Crippen molar-refractivity contribution in [1.82, 2.24) is 5.32 Å². The number of amides is 1. The molecule has 1 aliphatic rings. The highest BCUT2D eigenvalue weighted by Gasteiger charge is 2.27. The molecule has 1 saturated carbocycles. The van der Waals surface area contributed by atoms with Gasteiger partial charge in [0, 0.05) is 6.04 Å². The molecule has 1 aliphatic carbocycles. The van der Waals surface area contributed by atoms with Gasteiger partial charge < -0.3 is 21.3 Å². The highest BCUT2D eigenvalue weighted by atomic mass is 16.3. The molecule has 0 spiro atoms. The molecule has 0 unspecified atom stereocenters. The molecule has 5 heteroatoms. The van der Waals surface area contributed by atoms with Crippen molar-refractivity contribution in [3.05, 3.63) is 0 Å². The Balaban J connectivity index is 2.36. The second-order valence-corrected chi connectivity index (χ2v) is 4.35. The van der Waals surface area contributed by atoms with Crippen LogP contribution in [0, 0.1) is 5.92 Å². The average Bonchev–Trinajstić information content (AvgIpc) is 2.22. The first-order valence-corrected chi connectivity index (χ1v) is 5.39. The number of aliphatic hydroxyl groups is 2. The van der Waals surface area contributed by atoms with Crippen LogP contribution in [0.3, 0.4) is 0 Å². The zero-order valence-electron chi connectivity index (χ0n) is 9.02. The van der Waals surface area contributed by atoms with Gasteiger partial charge in [-0.15, -0.1) is 0 Å². The van der Waals surface area contributed by atoms with Gasteiger partial charge in [-0.25, -0.2) is 0 Å². The minimum atomic E-state index is -0.841. The minimum Gasteiger partial charge on any atom is -0.394 e. The van der Waals surface area contributed by atoms with E-state index in [1.807, 2.05) is 6.92 Å². The largest absolute Gasteiger partial charge is 0.394 e. The Hall–Kier alpha value is -0.650. The van der Waals surface area contributed by atoms with Gasteiger partial charge in [0.05, 0.1) is 12.7 Å². The van der Waals surface area contributed by atoms with E-state index in [9.17, 15) is 9.90 Å². The predicted octanol–water partition coefficient (Wildman–Crippen LogP) is -1.03. The summed E-state index contributed by atoms with van der Waals surface area (Å²) >= 11 is 0. The van der Waals surface area contributed by atoms with E-state index >= 15 is 0 Å². The molecule has 1 fully saturated rings. The third-order valence-electron chi connectivity index (χ3n) is 3.00. The molecule has 0 aromatic carbocycles. The Morgan fingerprint density at radius 3 is 2.80 bits per heavy atom. The molecule has 88 valence electrons. The van der Waals surface area contributed by atoms with Crippen molar-refractivity contribution in [2.45, 2.75) is 44.4 Å². The lowest BCUT2D eigenvalue weighted by atomic mass is 9.84. The Kier molecular flexibility index (Phi) is 4.50. The molecule has 4 atom stereocenters. The Morgan fingerprint density at radius 1 is 1.60 bits per heavy atom. The summed E-state index contributed by atoms with van der Waals surface area (Å²) in [4.78, 5) is 11.4.